The lowest BCUT2D eigenvalue weighted by Gasteiger charge is -2.25. The Balaban J connectivity index is 1.83. The molecule has 0 saturated heterocycles. The van der Waals surface area contributed by atoms with Crippen molar-refractivity contribution in [3.05, 3.63) is 68.3 Å². The molecule has 0 aliphatic carbocycles. The molecular weight excluding hydrogens is 398 g/mol. The van der Waals surface area contributed by atoms with E-state index in [-0.39, 0.29) is 11.3 Å². The summed E-state index contributed by atoms with van der Waals surface area (Å²) in [4.78, 5) is 28.4. The highest BCUT2D eigenvalue weighted by atomic mass is 35.5. The molecule has 5 nitrogen and oxygen atoms in total. The zero-order valence-corrected chi connectivity index (χ0v) is 16.9. The van der Waals surface area contributed by atoms with Crippen LogP contribution in [0, 0.1) is 6.92 Å². The zero-order valence-electron chi connectivity index (χ0n) is 15.4. The van der Waals surface area contributed by atoms with Gasteiger partial charge in [-0.05, 0) is 54.6 Å². The Labute approximate surface area is 170 Å². The average molecular weight is 416 g/mol. The molecule has 28 heavy (non-hydrogen) atoms. The van der Waals surface area contributed by atoms with E-state index in [1.54, 1.807) is 29.2 Å². The molecule has 3 aromatic rings. The molecule has 0 fully saturated rings. The van der Waals surface area contributed by atoms with Crippen LogP contribution in [-0.2, 0) is 4.79 Å². The van der Waals surface area contributed by atoms with Gasteiger partial charge in [-0.25, -0.2) is 0 Å². The van der Waals surface area contributed by atoms with E-state index in [2.05, 4.69) is 0 Å². The Kier molecular flexibility index (Phi) is 4.77. The highest BCUT2D eigenvalue weighted by molar-refractivity contribution is 7.10. The number of nitrogens with zero attached hydrogens (tertiary/aromatic N) is 1. The molecular formula is C21H18ClNO4S. The Bertz CT molecular complexity index is 1130. The highest BCUT2D eigenvalue weighted by Gasteiger charge is 2.45. The Morgan fingerprint density at radius 1 is 1.32 bits per heavy atom. The number of carbonyl (C=O) groups excluding carboxylic acids is 2. The fourth-order valence-corrected chi connectivity index (χ4v) is 4.78. The van der Waals surface area contributed by atoms with Crippen molar-refractivity contribution in [2.24, 2.45) is 0 Å². The lowest BCUT2D eigenvalue weighted by molar-refractivity contribution is -0.129. The predicted octanol–water partition coefficient (Wildman–Crippen LogP) is 5.44. The summed E-state index contributed by atoms with van der Waals surface area (Å²) in [6.07, 6.45) is 0.713. The number of aliphatic hydroxyl groups is 1. The molecule has 0 spiro atoms. The van der Waals surface area contributed by atoms with Gasteiger partial charge in [-0.1, -0.05) is 18.5 Å². The second-order valence-corrected chi connectivity index (χ2v) is 8.14. The van der Waals surface area contributed by atoms with E-state index in [0.29, 0.717) is 29.0 Å². The first-order valence-electron chi connectivity index (χ1n) is 8.94. The first-order chi connectivity index (χ1) is 13.4. The highest BCUT2D eigenvalue weighted by Crippen LogP contribution is 2.42. The molecule has 1 unspecified atom stereocenters. The van der Waals surface area contributed by atoms with Crippen LogP contribution < -0.4 is 0 Å². The summed E-state index contributed by atoms with van der Waals surface area (Å²) in [7, 11) is 0. The Hall–Kier alpha value is -2.57. The van der Waals surface area contributed by atoms with Gasteiger partial charge in [0.1, 0.15) is 5.58 Å². The number of carbonyl (C=O) groups is 2. The molecule has 144 valence electrons. The van der Waals surface area contributed by atoms with Crippen LogP contribution in [-0.4, -0.2) is 28.2 Å². The number of furan rings is 1. The summed E-state index contributed by atoms with van der Waals surface area (Å²) in [5, 5.41) is 13.7. The van der Waals surface area contributed by atoms with Crippen LogP contribution >= 0.6 is 22.9 Å². The van der Waals surface area contributed by atoms with E-state index < -0.39 is 23.5 Å². The van der Waals surface area contributed by atoms with Gasteiger partial charge in [0.15, 0.2) is 11.5 Å². The largest absolute Gasteiger partial charge is 0.503 e. The van der Waals surface area contributed by atoms with E-state index in [9.17, 15) is 14.7 Å². The number of ketones is 1. The SMILES string of the molecule is CCCN1C(=O)C(O)=C(C(=O)c2cc3cc(Cl)ccc3o2)C1c1sccc1C. The summed E-state index contributed by atoms with van der Waals surface area (Å²) >= 11 is 7.48. The van der Waals surface area contributed by atoms with Crippen LogP contribution in [0.15, 0.2) is 51.5 Å². The smallest absolute Gasteiger partial charge is 0.290 e. The average Bonchev–Trinajstić information content (AvgIpc) is 3.33. The van der Waals surface area contributed by atoms with E-state index in [0.717, 1.165) is 10.4 Å². The minimum atomic E-state index is -0.614. The summed E-state index contributed by atoms with van der Waals surface area (Å²) in [6.45, 7) is 4.32. The van der Waals surface area contributed by atoms with Crippen molar-refractivity contribution in [3.63, 3.8) is 0 Å². The molecule has 2 aromatic heterocycles. The molecule has 3 heterocycles. The number of thiophene rings is 1. The molecule has 1 aliphatic heterocycles. The van der Waals surface area contributed by atoms with Crippen LogP contribution in [0.4, 0.5) is 0 Å². The number of hydrogen-bond acceptors (Lipinski definition) is 5. The fraction of sp³-hybridized carbons (Fsp3) is 0.238. The number of halogens is 1. The summed E-state index contributed by atoms with van der Waals surface area (Å²) in [6, 6.07) is 7.99. The van der Waals surface area contributed by atoms with Gasteiger partial charge in [0, 0.05) is 21.8 Å². The maximum absolute atomic E-state index is 13.3. The maximum Gasteiger partial charge on any atom is 0.290 e. The van der Waals surface area contributed by atoms with Gasteiger partial charge in [-0.15, -0.1) is 11.3 Å². The third-order valence-electron chi connectivity index (χ3n) is 4.86. The van der Waals surface area contributed by atoms with Crippen molar-refractivity contribution in [2.45, 2.75) is 26.3 Å². The summed E-state index contributed by atoms with van der Waals surface area (Å²) in [5.74, 6) is -1.45. The van der Waals surface area contributed by atoms with Gasteiger partial charge >= 0.3 is 0 Å². The van der Waals surface area contributed by atoms with E-state index in [1.807, 2.05) is 25.3 Å². The van der Waals surface area contributed by atoms with E-state index in [1.165, 1.54) is 11.3 Å². The number of fused-ring (bicyclic) bond motifs is 1. The first kappa shape index (κ1) is 18.8. The fourth-order valence-electron chi connectivity index (χ4n) is 3.55. The number of benzene rings is 1. The Morgan fingerprint density at radius 3 is 2.79 bits per heavy atom. The Morgan fingerprint density at radius 2 is 2.11 bits per heavy atom. The van der Waals surface area contributed by atoms with E-state index in [4.69, 9.17) is 16.0 Å². The normalized spacial score (nSPS) is 17.2. The van der Waals surface area contributed by atoms with Gasteiger partial charge in [0.2, 0.25) is 5.78 Å². The number of aliphatic hydroxyl groups excluding tert-OH is 1. The van der Waals surface area contributed by atoms with Crippen molar-refractivity contribution in [1.29, 1.82) is 0 Å². The summed E-state index contributed by atoms with van der Waals surface area (Å²) in [5.41, 5.74) is 1.56. The van der Waals surface area contributed by atoms with Crippen LogP contribution in [0.3, 0.4) is 0 Å². The molecule has 0 bridgehead atoms. The third-order valence-corrected chi connectivity index (χ3v) is 6.17. The molecule has 0 saturated carbocycles. The standard InChI is InChI=1S/C21H18ClNO4S/c1-3-7-23-17(20-11(2)6-8-28-20)16(19(25)21(23)26)18(24)15-10-12-9-13(22)4-5-14(12)27-15/h4-6,8-10,17,25H,3,7H2,1-2H3. The molecule has 0 radical (unpaired) electrons. The topological polar surface area (TPSA) is 70.8 Å². The van der Waals surface area contributed by atoms with Gasteiger partial charge in [0.05, 0.1) is 11.6 Å². The number of rotatable bonds is 5. The number of hydrogen-bond donors (Lipinski definition) is 1. The third kappa shape index (κ3) is 2.93. The van der Waals surface area contributed by atoms with Crippen molar-refractivity contribution in [1.82, 2.24) is 4.90 Å². The van der Waals surface area contributed by atoms with Crippen LogP contribution in [0.25, 0.3) is 11.0 Å². The second kappa shape index (κ2) is 7.11. The summed E-state index contributed by atoms with van der Waals surface area (Å²) < 4.78 is 5.69. The quantitative estimate of drug-likeness (QED) is 0.563. The van der Waals surface area contributed by atoms with Crippen LogP contribution in [0.2, 0.25) is 5.02 Å². The van der Waals surface area contributed by atoms with Gasteiger partial charge in [-0.2, -0.15) is 0 Å². The van der Waals surface area contributed by atoms with Crippen molar-refractivity contribution >= 4 is 45.6 Å². The minimum absolute atomic E-state index is 0.0640. The molecule has 1 atom stereocenters. The van der Waals surface area contributed by atoms with Crippen LogP contribution in [0.1, 0.15) is 40.4 Å². The predicted molar refractivity (Wildman–Crippen MR) is 109 cm³/mol. The molecule has 7 heteroatoms. The van der Waals surface area contributed by atoms with Crippen molar-refractivity contribution in [3.8, 4) is 0 Å². The number of aryl methyl sites for hydroxylation is 1. The molecule has 1 N–H and O–H groups in total. The van der Waals surface area contributed by atoms with Crippen molar-refractivity contribution in [2.75, 3.05) is 6.54 Å². The van der Waals surface area contributed by atoms with Crippen LogP contribution in [0.5, 0.6) is 0 Å². The first-order valence-corrected chi connectivity index (χ1v) is 10.2. The molecule has 1 amide bonds. The number of amides is 1. The second-order valence-electron chi connectivity index (χ2n) is 6.75. The molecule has 4 rings (SSSR count). The lowest BCUT2D eigenvalue weighted by Crippen LogP contribution is -2.31. The van der Waals surface area contributed by atoms with Crippen molar-refractivity contribution < 1.29 is 19.1 Å². The van der Waals surface area contributed by atoms with Gasteiger partial charge < -0.3 is 14.4 Å². The van der Waals surface area contributed by atoms with Gasteiger partial charge in [-0.3, -0.25) is 9.59 Å². The van der Waals surface area contributed by atoms with E-state index >= 15 is 0 Å². The number of Topliss-reactive ketones (excluding diaryl/α,β-unsaturated/α-hetero) is 1. The minimum Gasteiger partial charge on any atom is -0.503 e. The zero-order chi connectivity index (χ0) is 20.0. The molecule has 1 aliphatic rings. The van der Waals surface area contributed by atoms with Gasteiger partial charge in [0.25, 0.3) is 5.91 Å². The monoisotopic (exact) mass is 415 g/mol. The maximum atomic E-state index is 13.3. The lowest BCUT2D eigenvalue weighted by atomic mass is 9.98. The molecule has 1 aromatic carbocycles.